The van der Waals surface area contributed by atoms with E-state index in [9.17, 15) is 0 Å². The van der Waals surface area contributed by atoms with Crippen LogP contribution >= 0.6 is 23.8 Å². The topological polar surface area (TPSA) is 50.9 Å². The minimum Gasteiger partial charge on any atom is -0.389 e. The van der Waals surface area contributed by atoms with E-state index >= 15 is 0 Å². The van der Waals surface area contributed by atoms with E-state index in [2.05, 4.69) is 10.3 Å². The first-order valence-electron chi connectivity index (χ1n) is 6.35. The molecule has 0 atom stereocenters. The number of fused-ring (bicyclic) bond motifs is 1. The van der Waals surface area contributed by atoms with Crippen molar-refractivity contribution in [2.24, 2.45) is 5.73 Å². The molecule has 104 valence electrons. The zero-order chi connectivity index (χ0) is 14.8. The number of pyridine rings is 1. The fourth-order valence-electron chi connectivity index (χ4n) is 2.26. The van der Waals surface area contributed by atoms with Gasteiger partial charge in [-0.2, -0.15) is 0 Å². The molecule has 1 aromatic heterocycles. The zero-order valence-electron chi connectivity index (χ0n) is 11.0. The SMILES string of the molecule is NC(=S)c1c(Cl)cccc1Nc1cccc2cnccc12. The van der Waals surface area contributed by atoms with Gasteiger partial charge >= 0.3 is 0 Å². The van der Waals surface area contributed by atoms with Crippen LogP contribution < -0.4 is 11.1 Å². The van der Waals surface area contributed by atoms with Crippen molar-refractivity contribution in [1.29, 1.82) is 0 Å². The van der Waals surface area contributed by atoms with E-state index in [1.807, 2.05) is 42.6 Å². The van der Waals surface area contributed by atoms with Crippen molar-refractivity contribution in [3.8, 4) is 0 Å². The molecular formula is C16H12ClN3S. The first-order valence-corrected chi connectivity index (χ1v) is 7.13. The van der Waals surface area contributed by atoms with Crippen LogP contribution in [0.4, 0.5) is 11.4 Å². The Hall–Kier alpha value is -2.17. The minimum atomic E-state index is 0.269. The number of nitrogens with zero attached hydrogens (tertiary/aromatic N) is 1. The Morgan fingerprint density at radius 1 is 1.10 bits per heavy atom. The van der Waals surface area contributed by atoms with Crippen LogP contribution in [0.15, 0.2) is 54.9 Å². The Morgan fingerprint density at radius 2 is 1.86 bits per heavy atom. The summed E-state index contributed by atoms with van der Waals surface area (Å²) < 4.78 is 0. The molecule has 0 aliphatic carbocycles. The smallest absolute Gasteiger partial charge is 0.107 e. The lowest BCUT2D eigenvalue weighted by molar-refractivity contribution is 1.36. The van der Waals surface area contributed by atoms with Gasteiger partial charge in [0.15, 0.2) is 0 Å². The van der Waals surface area contributed by atoms with Crippen LogP contribution in [-0.2, 0) is 0 Å². The standard InChI is InChI=1S/C16H12ClN3S/c17-12-4-2-6-14(15(12)16(18)21)20-13-5-1-3-10-9-19-8-7-11(10)13/h1-9,20H,(H2,18,21). The van der Waals surface area contributed by atoms with Gasteiger partial charge in [-0.25, -0.2) is 0 Å². The fourth-order valence-corrected chi connectivity index (χ4v) is 2.81. The van der Waals surface area contributed by atoms with Crippen LogP contribution in [0, 0.1) is 0 Å². The number of nitrogens with two attached hydrogens (primary N) is 1. The van der Waals surface area contributed by atoms with Gasteiger partial charge < -0.3 is 11.1 Å². The van der Waals surface area contributed by atoms with Gasteiger partial charge in [-0.05, 0) is 24.3 Å². The highest BCUT2D eigenvalue weighted by Crippen LogP contribution is 2.30. The number of hydrogen-bond acceptors (Lipinski definition) is 3. The number of rotatable bonds is 3. The van der Waals surface area contributed by atoms with Gasteiger partial charge in [0.2, 0.25) is 0 Å². The molecule has 3 N–H and O–H groups in total. The van der Waals surface area contributed by atoms with Crippen molar-refractivity contribution in [3.63, 3.8) is 0 Å². The van der Waals surface area contributed by atoms with E-state index < -0.39 is 0 Å². The Balaban J connectivity index is 2.12. The summed E-state index contributed by atoms with van der Waals surface area (Å²) in [6.45, 7) is 0. The van der Waals surface area contributed by atoms with Gasteiger partial charge in [-0.15, -0.1) is 0 Å². The number of benzene rings is 2. The lowest BCUT2D eigenvalue weighted by Crippen LogP contribution is -2.12. The van der Waals surface area contributed by atoms with Crippen LogP contribution in [-0.4, -0.2) is 9.97 Å². The van der Waals surface area contributed by atoms with Gasteiger partial charge in [0.05, 0.1) is 16.3 Å². The number of nitrogens with one attached hydrogen (secondary N) is 1. The number of halogens is 1. The summed E-state index contributed by atoms with van der Waals surface area (Å²) in [7, 11) is 0. The summed E-state index contributed by atoms with van der Waals surface area (Å²) in [6, 6.07) is 13.5. The average molecular weight is 314 g/mol. The van der Waals surface area contributed by atoms with Crippen LogP contribution in [0.2, 0.25) is 5.02 Å². The summed E-state index contributed by atoms with van der Waals surface area (Å²) in [4.78, 5) is 4.40. The Morgan fingerprint density at radius 3 is 2.67 bits per heavy atom. The van der Waals surface area contributed by atoms with Crippen molar-refractivity contribution >= 4 is 51.0 Å². The molecule has 0 aliphatic rings. The van der Waals surface area contributed by atoms with E-state index in [0.717, 1.165) is 22.1 Å². The van der Waals surface area contributed by atoms with Gasteiger partial charge in [0, 0.05) is 28.9 Å². The summed E-state index contributed by atoms with van der Waals surface area (Å²) >= 11 is 11.3. The molecule has 0 spiro atoms. The highest BCUT2D eigenvalue weighted by molar-refractivity contribution is 7.80. The van der Waals surface area contributed by atoms with Crippen molar-refractivity contribution in [2.45, 2.75) is 0 Å². The monoisotopic (exact) mass is 313 g/mol. The molecule has 5 heteroatoms. The van der Waals surface area contributed by atoms with E-state index in [0.29, 0.717) is 10.6 Å². The molecule has 0 saturated heterocycles. The van der Waals surface area contributed by atoms with Gasteiger partial charge in [-0.3, -0.25) is 4.98 Å². The maximum Gasteiger partial charge on any atom is 0.107 e. The molecule has 3 nitrogen and oxygen atoms in total. The summed E-state index contributed by atoms with van der Waals surface area (Å²) in [5, 5.41) is 6.02. The molecule has 0 radical (unpaired) electrons. The third-order valence-electron chi connectivity index (χ3n) is 3.21. The van der Waals surface area contributed by atoms with Crippen LogP contribution in [0.1, 0.15) is 5.56 Å². The van der Waals surface area contributed by atoms with Gasteiger partial charge in [-0.1, -0.05) is 42.0 Å². The predicted molar refractivity (Wildman–Crippen MR) is 92.4 cm³/mol. The highest BCUT2D eigenvalue weighted by atomic mass is 35.5. The fraction of sp³-hybridized carbons (Fsp3) is 0. The maximum atomic E-state index is 6.19. The lowest BCUT2D eigenvalue weighted by atomic mass is 10.1. The summed E-state index contributed by atoms with van der Waals surface area (Å²) in [5.74, 6) is 0. The molecule has 0 aliphatic heterocycles. The second-order valence-corrected chi connectivity index (χ2v) is 5.40. The second-order valence-electron chi connectivity index (χ2n) is 4.55. The number of anilines is 2. The third-order valence-corrected chi connectivity index (χ3v) is 3.73. The van der Waals surface area contributed by atoms with Crippen molar-refractivity contribution < 1.29 is 0 Å². The van der Waals surface area contributed by atoms with Gasteiger partial charge in [0.1, 0.15) is 4.99 Å². The first-order chi connectivity index (χ1) is 10.2. The molecule has 0 amide bonds. The third kappa shape index (κ3) is 2.68. The van der Waals surface area contributed by atoms with E-state index in [-0.39, 0.29) is 4.99 Å². The van der Waals surface area contributed by atoms with Crippen LogP contribution in [0.25, 0.3) is 10.8 Å². The molecule has 0 unspecified atom stereocenters. The van der Waals surface area contributed by atoms with Crippen molar-refractivity contribution in [1.82, 2.24) is 4.98 Å². The van der Waals surface area contributed by atoms with E-state index in [1.54, 1.807) is 12.3 Å². The minimum absolute atomic E-state index is 0.269. The maximum absolute atomic E-state index is 6.19. The molecule has 2 aromatic carbocycles. The molecule has 0 fully saturated rings. The van der Waals surface area contributed by atoms with E-state index in [4.69, 9.17) is 29.6 Å². The largest absolute Gasteiger partial charge is 0.389 e. The Labute approximate surface area is 132 Å². The number of aromatic nitrogens is 1. The van der Waals surface area contributed by atoms with Crippen LogP contribution in [0.3, 0.4) is 0 Å². The normalized spacial score (nSPS) is 10.5. The molecule has 21 heavy (non-hydrogen) atoms. The molecule has 0 saturated carbocycles. The quantitative estimate of drug-likeness (QED) is 0.709. The summed E-state index contributed by atoms with van der Waals surface area (Å²) in [5.41, 5.74) is 8.18. The van der Waals surface area contributed by atoms with Crippen molar-refractivity contribution in [2.75, 3.05) is 5.32 Å². The van der Waals surface area contributed by atoms with Gasteiger partial charge in [0.25, 0.3) is 0 Å². The molecular weight excluding hydrogens is 302 g/mol. The Bertz CT molecular complexity index is 827. The van der Waals surface area contributed by atoms with Crippen molar-refractivity contribution in [3.05, 3.63) is 65.4 Å². The molecule has 0 bridgehead atoms. The molecule has 1 heterocycles. The highest BCUT2D eigenvalue weighted by Gasteiger charge is 2.10. The zero-order valence-corrected chi connectivity index (χ0v) is 12.6. The first kappa shape index (κ1) is 13.8. The Kier molecular flexibility index (Phi) is 3.73. The molecule has 3 rings (SSSR count). The van der Waals surface area contributed by atoms with E-state index in [1.165, 1.54) is 0 Å². The van der Waals surface area contributed by atoms with Crippen LogP contribution in [0.5, 0.6) is 0 Å². The molecule has 3 aromatic rings. The predicted octanol–water partition coefficient (Wildman–Crippen LogP) is 4.27. The number of hydrogen-bond donors (Lipinski definition) is 2. The summed E-state index contributed by atoms with van der Waals surface area (Å²) in [6.07, 6.45) is 3.59. The second kappa shape index (κ2) is 5.68. The number of thiocarbonyl (C=S) groups is 1. The lowest BCUT2D eigenvalue weighted by Gasteiger charge is -2.14. The average Bonchev–Trinajstić information content (AvgIpc) is 2.47.